The van der Waals surface area contributed by atoms with Crippen LogP contribution < -0.4 is 0 Å². The SMILES string of the molecule is Cc1ccnc(Cc2ccc3c(c2)nc2n3CCN(C3CCC3)CC2)n1. The first-order valence-electron chi connectivity index (χ1n) is 9.77. The van der Waals surface area contributed by atoms with Crippen LogP contribution in [-0.4, -0.2) is 43.6 Å². The van der Waals surface area contributed by atoms with Crippen molar-refractivity contribution >= 4 is 11.0 Å². The monoisotopic (exact) mass is 347 g/mol. The maximum Gasteiger partial charge on any atom is 0.132 e. The molecule has 2 aromatic heterocycles. The van der Waals surface area contributed by atoms with Gasteiger partial charge in [0.15, 0.2) is 0 Å². The van der Waals surface area contributed by atoms with Crippen LogP contribution in [0, 0.1) is 6.92 Å². The van der Waals surface area contributed by atoms with Crippen LogP contribution in [0.3, 0.4) is 0 Å². The fourth-order valence-corrected chi connectivity index (χ4v) is 4.25. The molecule has 3 heterocycles. The van der Waals surface area contributed by atoms with Gasteiger partial charge in [-0.05, 0) is 43.5 Å². The number of nitrogens with zero attached hydrogens (tertiary/aromatic N) is 5. The van der Waals surface area contributed by atoms with Crippen LogP contribution in [0.2, 0.25) is 0 Å². The zero-order valence-electron chi connectivity index (χ0n) is 15.4. The van der Waals surface area contributed by atoms with E-state index in [1.807, 2.05) is 19.2 Å². The normalized spacial score (nSPS) is 18.5. The number of hydrogen-bond donors (Lipinski definition) is 0. The molecular weight excluding hydrogens is 322 g/mol. The summed E-state index contributed by atoms with van der Waals surface area (Å²) in [5.74, 6) is 2.12. The van der Waals surface area contributed by atoms with E-state index in [-0.39, 0.29) is 0 Å². The summed E-state index contributed by atoms with van der Waals surface area (Å²) in [4.78, 5) is 16.6. The Morgan fingerprint density at radius 2 is 2.00 bits per heavy atom. The molecule has 5 nitrogen and oxygen atoms in total. The van der Waals surface area contributed by atoms with E-state index >= 15 is 0 Å². The topological polar surface area (TPSA) is 46.8 Å². The summed E-state index contributed by atoms with van der Waals surface area (Å²) < 4.78 is 2.43. The van der Waals surface area contributed by atoms with Crippen molar-refractivity contribution in [2.45, 2.75) is 51.6 Å². The molecule has 26 heavy (non-hydrogen) atoms. The van der Waals surface area contributed by atoms with Gasteiger partial charge >= 0.3 is 0 Å². The third-order valence-electron chi connectivity index (χ3n) is 5.92. The van der Waals surface area contributed by atoms with Crippen LogP contribution in [0.4, 0.5) is 0 Å². The highest BCUT2D eigenvalue weighted by atomic mass is 15.2. The lowest BCUT2D eigenvalue weighted by molar-refractivity contribution is 0.130. The number of aromatic nitrogens is 4. The largest absolute Gasteiger partial charge is 0.327 e. The van der Waals surface area contributed by atoms with Gasteiger partial charge in [0, 0.05) is 50.4 Å². The lowest BCUT2D eigenvalue weighted by Gasteiger charge is -2.36. The molecule has 0 bridgehead atoms. The van der Waals surface area contributed by atoms with Crippen LogP contribution in [0.15, 0.2) is 30.5 Å². The van der Waals surface area contributed by atoms with E-state index in [1.54, 1.807) is 0 Å². The van der Waals surface area contributed by atoms with E-state index in [0.717, 1.165) is 55.6 Å². The van der Waals surface area contributed by atoms with Crippen LogP contribution in [0.1, 0.15) is 42.2 Å². The molecule has 0 amide bonds. The smallest absolute Gasteiger partial charge is 0.132 e. The Bertz CT molecular complexity index is 941. The molecule has 5 rings (SSSR count). The van der Waals surface area contributed by atoms with E-state index in [1.165, 1.54) is 36.2 Å². The Morgan fingerprint density at radius 1 is 1.08 bits per heavy atom. The van der Waals surface area contributed by atoms with Gasteiger partial charge in [0.05, 0.1) is 11.0 Å². The number of rotatable bonds is 3. The maximum absolute atomic E-state index is 4.97. The predicted molar refractivity (Wildman–Crippen MR) is 102 cm³/mol. The molecule has 0 unspecified atom stereocenters. The molecule has 0 N–H and O–H groups in total. The highest BCUT2D eigenvalue weighted by molar-refractivity contribution is 5.77. The average Bonchev–Trinajstić information content (AvgIpc) is 2.80. The summed E-state index contributed by atoms with van der Waals surface area (Å²) >= 11 is 0. The number of benzene rings is 1. The first-order valence-corrected chi connectivity index (χ1v) is 9.77. The van der Waals surface area contributed by atoms with E-state index in [0.29, 0.717) is 0 Å². The van der Waals surface area contributed by atoms with Crippen molar-refractivity contribution in [1.29, 1.82) is 0 Å². The summed E-state index contributed by atoms with van der Waals surface area (Å²) in [5.41, 5.74) is 4.62. The predicted octanol–water partition coefficient (Wildman–Crippen LogP) is 3.14. The van der Waals surface area contributed by atoms with Crippen molar-refractivity contribution in [1.82, 2.24) is 24.4 Å². The summed E-state index contributed by atoms with van der Waals surface area (Å²) in [6, 6.07) is 9.41. The van der Waals surface area contributed by atoms with Crippen LogP contribution in [-0.2, 0) is 19.4 Å². The number of hydrogen-bond acceptors (Lipinski definition) is 4. The Morgan fingerprint density at radius 3 is 2.81 bits per heavy atom. The van der Waals surface area contributed by atoms with Gasteiger partial charge in [0.2, 0.25) is 0 Å². The zero-order chi connectivity index (χ0) is 17.5. The van der Waals surface area contributed by atoms with E-state index in [4.69, 9.17) is 4.98 Å². The second-order valence-electron chi connectivity index (χ2n) is 7.66. The van der Waals surface area contributed by atoms with E-state index in [9.17, 15) is 0 Å². The Labute approximate surface area is 154 Å². The minimum absolute atomic E-state index is 0.759. The van der Waals surface area contributed by atoms with Gasteiger partial charge in [-0.3, -0.25) is 4.90 Å². The van der Waals surface area contributed by atoms with Gasteiger partial charge in [-0.2, -0.15) is 0 Å². The molecule has 2 aliphatic rings. The Balaban J connectivity index is 1.39. The lowest BCUT2D eigenvalue weighted by Crippen LogP contribution is -2.41. The molecule has 0 spiro atoms. The summed E-state index contributed by atoms with van der Waals surface area (Å²) in [6.07, 6.45) is 7.82. The first-order chi connectivity index (χ1) is 12.8. The minimum atomic E-state index is 0.759. The second kappa shape index (κ2) is 6.47. The fourth-order valence-electron chi connectivity index (χ4n) is 4.25. The van der Waals surface area contributed by atoms with E-state index in [2.05, 4.69) is 37.6 Å². The molecule has 1 aromatic carbocycles. The fraction of sp³-hybridized carbons (Fsp3) is 0.476. The highest BCUT2D eigenvalue weighted by Crippen LogP contribution is 2.27. The average molecular weight is 347 g/mol. The molecule has 3 aromatic rings. The second-order valence-corrected chi connectivity index (χ2v) is 7.66. The molecule has 0 radical (unpaired) electrons. The third-order valence-corrected chi connectivity index (χ3v) is 5.92. The minimum Gasteiger partial charge on any atom is -0.327 e. The molecule has 0 saturated heterocycles. The number of imidazole rings is 1. The van der Waals surface area contributed by atoms with Crippen molar-refractivity contribution in [2.24, 2.45) is 0 Å². The molecule has 1 aliphatic carbocycles. The summed E-state index contributed by atoms with van der Waals surface area (Å²) in [6.45, 7) is 5.37. The van der Waals surface area contributed by atoms with Crippen LogP contribution >= 0.6 is 0 Å². The quantitative estimate of drug-likeness (QED) is 0.730. The van der Waals surface area contributed by atoms with Gasteiger partial charge in [-0.1, -0.05) is 12.5 Å². The van der Waals surface area contributed by atoms with Gasteiger partial charge in [-0.15, -0.1) is 0 Å². The van der Waals surface area contributed by atoms with Crippen molar-refractivity contribution in [2.75, 3.05) is 13.1 Å². The Hall–Kier alpha value is -2.27. The molecular formula is C21H25N5. The summed E-state index contributed by atoms with van der Waals surface area (Å²) in [5, 5.41) is 0. The van der Waals surface area contributed by atoms with Crippen molar-refractivity contribution in [3.05, 3.63) is 53.4 Å². The van der Waals surface area contributed by atoms with Crippen molar-refractivity contribution in [3.8, 4) is 0 Å². The highest BCUT2D eigenvalue weighted by Gasteiger charge is 2.27. The maximum atomic E-state index is 4.97. The molecule has 0 atom stereocenters. The van der Waals surface area contributed by atoms with Gasteiger partial charge in [-0.25, -0.2) is 15.0 Å². The third kappa shape index (κ3) is 2.90. The standard InChI is InChI=1S/C21H25N5/c1-15-7-9-22-20(23-15)14-16-5-6-19-18(13-16)24-21-8-10-25(11-12-26(19)21)17-3-2-4-17/h5-7,9,13,17H,2-4,8,10-12,14H2,1H3. The van der Waals surface area contributed by atoms with Crippen LogP contribution in [0.5, 0.6) is 0 Å². The lowest BCUT2D eigenvalue weighted by atomic mass is 9.91. The molecule has 1 fully saturated rings. The number of fused-ring (bicyclic) bond motifs is 3. The first kappa shape index (κ1) is 15.9. The van der Waals surface area contributed by atoms with Crippen molar-refractivity contribution in [3.63, 3.8) is 0 Å². The Kier molecular flexibility index (Phi) is 3.97. The molecule has 5 heteroatoms. The van der Waals surface area contributed by atoms with Crippen molar-refractivity contribution < 1.29 is 0 Å². The van der Waals surface area contributed by atoms with Gasteiger partial charge < -0.3 is 4.57 Å². The zero-order valence-corrected chi connectivity index (χ0v) is 15.4. The van der Waals surface area contributed by atoms with E-state index < -0.39 is 0 Å². The molecule has 134 valence electrons. The molecule has 1 saturated carbocycles. The molecule has 1 aliphatic heterocycles. The van der Waals surface area contributed by atoms with Gasteiger partial charge in [0.1, 0.15) is 11.6 Å². The van der Waals surface area contributed by atoms with Crippen LogP contribution in [0.25, 0.3) is 11.0 Å². The van der Waals surface area contributed by atoms with Gasteiger partial charge in [0.25, 0.3) is 0 Å². The summed E-state index contributed by atoms with van der Waals surface area (Å²) in [7, 11) is 0. The number of aryl methyl sites for hydroxylation is 1.